The number of hydrogen-bond donors (Lipinski definition) is 2. The Morgan fingerprint density at radius 1 is 1.19 bits per heavy atom. The van der Waals surface area contributed by atoms with Crippen LogP contribution in [0.5, 0.6) is 0 Å². The monoisotopic (exact) mass is 324 g/mol. The number of hydrogen-bond acceptors (Lipinski definition) is 3. The van der Waals surface area contributed by atoms with E-state index in [1.54, 1.807) is 37.3 Å². The Balaban J connectivity index is 2.25. The predicted molar refractivity (Wildman–Crippen MR) is 82.0 cm³/mol. The zero-order valence-corrected chi connectivity index (χ0v) is 12.7. The van der Waals surface area contributed by atoms with Gasteiger partial charge in [-0.25, -0.2) is 13.6 Å². The summed E-state index contributed by atoms with van der Waals surface area (Å²) in [6.45, 7) is 1.61. The maximum atomic E-state index is 12.0. The molecule has 0 bridgehead atoms. The number of anilines is 1. The maximum absolute atomic E-state index is 12.0. The third-order valence-corrected chi connectivity index (χ3v) is 4.13. The van der Waals surface area contributed by atoms with E-state index in [9.17, 15) is 13.2 Å². The lowest BCUT2D eigenvalue weighted by Crippen LogP contribution is -2.15. The van der Waals surface area contributed by atoms with Crippen LogP contribution in [0.1, 0.15) is 15.9 Å². The number of aryl methyl sites for hydroxylation is 1. The van der Waals surface area contributed by atoms with Crippen molar-refractivity contribution in [2.75, 3.05) is 5.32 Å². The standard InChI is InChI=1S/C14H13ClN2O3S/c1-9-7-12(5-6-13(9)21(16,19)20)17-14(18)10-3-2-4-11(15)8-10/h2-8H,1H3,(H,17,18)(H2,16,19,20). The van der Waals surface area contributed by atoms with Crippen LogP contribution in [0.25, 0.3) is 0 Å². The van der Waals surface area contributed by atoms with Crippen molar-refractivity contribution < 1.29 is 13.2 Å². The Morgan fingerprint density at radius 3 is 2.48 bits per heavy atom. The fourth-order valence-electron chi connectivity index (χ4n) is 1.88. The lowest BCUT2D eigenvalue weighted by Gasteiger charge is -2.09. The average Bonchev–Trinajstić information content (AvgIpc) is 2.37. The summed E-state index contributed by atoms with van der Waals surface area (Å²) in [5.41, 5.74) is 1.35. The Kier molecular flexibility index (Phi) is 4.32. The van der Waals surface area contributed by atoms with E-state index in [0.717, 1.165) is 0 Å². The van der Waals surface area contributed by atoms with Gasteiger partial charge < -0.3 is 5.32 Å². The average molecular weight is 325 g/mol. The van der Waals surface area contributed by atoms with Gasteiger partial charge in [-0.15, -0.1) is 0 Å². The molecule has 0 saturated heterocycles. The largest absolute Gasteiger partial charge is 0.322 e. The normalized spacial score (nSPS) is 11.2. The van der Waals surface area contributed by atoms with Crippen molar-refractivity contribution in [3.8, 4) is 0 Å². The highest BCUT2D eigenvalue weighted by molar-refractivity contribution is 7.89. The van der Waals surface area contributed by atoms with Crippen molar-refractivity contribution in [2.24, 2.45) is 5.14 Å². The van der Waals surface area contributed by atoms with Gasteiger partial charge in [0.2, 0.25) is 10.0 Å². The molecule has 0 saturated carbocycles. The molecule has 0 aliphatic heterocycles. The number of benzene rings is 2. The second-order valence-corrected chi connectivity index (χ2v) is 6.46. The fraction of sp³-hybridized carbons (Fsp3) is 0.0714. The molecule has 2 aromatic carbocycles. The number of carbonyl (C=O) groups excluding carboxylic acids is 1. The van der Waals surface area contributed by atoms with Gasteiger partial charge >= 0.3 is 0 Å². The van der Waals surface area contributed by atoms with E-state index < -0.39 is 10.0 Å². The Bertz CT molecular complexity index is 804. The third-order valence-electron chi connectivity index (χ3n) is 2.83. The van der Waals surface area contributed by atoms with Gasteiger partial charge in [0.05, 0.1) is 4.90 Å². The van der Waals surface area contributed by atoms with Gasteiger partial charge in [0.25, 0.3) is 5.91 Å². The molecule has 5 nitrogen and oxygen atoms in total. The van der Waals surface area contributed by atoms with E-state index in [1.807, 2.05) is 0 Å². The first-order valence-corrected chi connectivity index (χ1v) is 7.90. The van der Waals surface area contributed by atoms with Gasteiger partial charge in [0.15, 0.2) is 0 Å². The summed E-state index contributed by atoms with van der Waals surface area (Å²) in [6.07, 6.45) is 0. The number of nitrogens with two attached hydrogens (primary N) is 1. The quantitative estimate of drug-likeness (QED) is 0.909. The number of carbonyl (C=O) groups is 1. The van der Waals surface area contributed by atoms with Crippen LogP contribution >= 0.6 is 11.6 Å². The van der Waals surface area contributed by atoms with Gasteiger partial charge in [0, 0.05) is 16.3 Å². The molecule has 3 N–H and O–H groups in total. The summed E-state index contributed by atoms with van der Waals surface area (Å²) >= 11 is 5.83. The molecule has 0 fully saturated rings. The predicted octanol–water partition coefficient (Wildman–Crippen LogP) is 2.55. The summed E-state index contributed by atoms with van der Waals surface area (Å²) in [6, 6.07) is 10.9. The molecule has 7 heteroatoms. The van der Waals surface area contributed by atoms with Crippen molar-refractivity contribution >= 4 is 33.2 Å². The molecule has 0 heterocycles. The van der Waals surface area contributed by atoms with Crippen molar-refractivity contribution in [3.05, 3.63) is 58.6 Å². The van der Waals surface area contributed by atoms with Crippen LogP contribution < -0.4 is 10.5 Å². The highest BCUT2D eigenvalue weighted by atomic mass is 35.5. The van der Waals surface area contributed by atoms with Crippen molar-refractivity contribution in [1.29, 1.82) is 0 Å². The first-order valence-electron chi connectivity index (χ1n) is 5.98. The van der Waals surface area contributed by atoms with Gasteiger partial charge in [-0.3, -0.25) is 4.79 Å². The maximum Gasteiger partial charge on any atom is 0.255 e. The van der Waals surface area contributed by atoms with Crippen LogP contribution in [0.2, 0.25) is 5.02 Å². The Hall–Kier alpha value is -1.89. The molecular formula is C14H13ClN2O3S. The minimum Gasteiger partial charge on any atom is -0.322 e. The van der Waals surface area contributed by atoms with E-state index in [-0.39, 0.29) is 10.8 Å². The zero-order chi connectivity index (χ0) is 15.6. The molecule has 110 valence electrons. The van der Waals surface area contributed by atoms with E-state index in [1.165, 1.54) is 12.1 Å². The van der Waals surface area contributed by atoms with E-state index in [2.05, 4.69) is 5.32 Å². The van der Waals surface area contributed by atoms with Crippen LogP contribution in [0.4, 0.5) is 5.69 Å². The summed E-state index contributed by atoms with van der Waals surface area (Å²) in [4.78, 5) is 12.1. The topological polar surface area (TPSA) is 89.3 Å². The van der Waals surface area contributed by atoms with Crippen molar-refractivity contribution in [2.45, 2.75) is 11.8 Å². The van der Waals surface area contributed by atoms with Crippen LogP contribution in [0, 0.1) is 6.92 Å². The number of halogens is 1. The molecule has 0 aromatic heterocycles. The van der Waals surface area contributed by atoms with Crippen LogP contribution in [0.15, 0.2) is 47.4 Å². The second-order valence-electron chi connectivity index (χ2n) is 4.49. The molecule has 2 rings (SSSR count). The molecule has 0 aliphatic rings. The summed E-state index contributed by atoms with van der Waals surface area (Å²) in [7, 11) is -3.77. The lowest BCUT2D eigenvalue weighted by atomic mass is 10.2. The minimum absolute atomic E-state index is 0.0308. The number of nitrogens with one attached hydrogen (secondary N) is 1. The zero-order valence-electron chi connectivity index (χ0n) is 11.1. The summed E-state index contributed by atoms with van der Waals surface area (Å²) < 4.78 is 22.6. The highest BCUT2D eigenvalue weighted by Gasteiger charge is 2.13. The lowest BCUT2D eigenvalue weighted by molar-refractivity contribution is 0.102. The molecule has 21 heavy (non-hydrogen) atoms. The third kappa shape index (κ3) is 3.81. The second kappa shape index (κ2) is 5.85. The van der Waals surface area contributed by atoms with Gasteiger partial charge in [0.1, 0.15) is 0 Å². The van der Waals surface area contributed by atoms with Crippen molar-refractivity contribution in [3.63, 3.8) is 0 Å². The Morgan fingerprint density at radius 2 is 1.90 bits per heavy atom. The Labute approximate surface area is 127 Å². The van der Waals surface area contributed by atoms with Gasteiger partial charge in [-0.05, 0) is 48.9 Å². The number of primary sulfonamides is 1. The smallest absolute Gasteiger partial charge is 0.255 e. The van der Waals surface area contributed by atoms with Crippen LogP contribution in [0.3, 0.4) is 0 Å². The van der Waals surface area contributed by atoms with Gasteiger partial charge in [-0.1, -0.05) is 17.7 Å². The van der Waals surface area contributed by atoms with Crippen molar-refractivity contribution in [1.82, 2.24) is 0 Å². The number of amides is 1. The number of sulfonamides is 1. The van der Waals surface area contributed by atoms with E-state index >= 15 is 0 Å². The molecule has 0 radical (unpaired) electrons. The molecule has 1 amide bonds. The molecule has 0 spiro atoms. The molecular weight excluding hydrogens is 312 g/mol. The molecule has 0 atom stereocenters. The van der Waals surface area contributed by atoms with Crippen LogP contribution in [-0.2, 0) is 10.0 Å². The highest BCUT2D eigenvalue weighted by Crippen LogP contribution is 2.19. The first kappa shape index (κ1) is 15.5. The number of rotatable bonds is 3. The van der Waals surface area contributed by atoms with E-state index in [0.29, 0.717) is 21.8 Å². The molecule has 0 unspecified atom stereocenters. The SMILES string of the molecule is Cc1cc(NC(=O)c2cccc(Cl)c2)ccc1S(N)(=O)=O. The first-order chi connectivity index (χ1) is 9.77. The fourth-order valence-corrected chi connectivity index (χ4v) is 2.84. The molecule has 0 aliphatic carbocycles. The summed E-state index contributed by atoms with van der Waals surface area (Å²) in [5, 5.41) is 8.22. The minimum atomic E-state index is -3.77. The van der Waals surface area contributed by atoms with Crippen LogP contribution in [-0.4, -0.2) is 14.3 Å². The summed E-state index contributed by atoms with van der Waals surface area (Å²) in [5.74, 6) is -0.333. The van der Waals surface area contributed by atoms with Gasteiger partial charge in [-0.2, -0.15) is 0 Å². The van der Waals surface area contributed by atoms with E-state index in [4.69, 9.17) is 16.7 Å². The molecule has 2 aromatic rings.